The average molecular weight is 446 g/mol. The Morgan fingerprint density at radius 3 is 2.37 bits per heavy atom. The number of nitrogens with one attached hydrogen (secondary N) is 1. The van der Waals surface area contributed by atoms with Gasteiger partial charge in [-0.25, -0.2) is 4.39 Å². The zero-order valence-corrected chi connectivity index (χ0v) is 16.5. The molecule has 1 aliphatic heterocycles. The molecule has 2 fully saturated rings. The zero-order chi connectivity index (χ0) is 20.0. The minimum absolute atomic E-state index is 0.0570. The van der Waals surface area contributed by atoms with Crippen LogP contribution in [-0.2, 0) is 0 Å². The minimum Gasteiger partial charge on any atom is -0.323 e. The van der Waals surface area contributed by atoms with E-state index in [1.54, 1.807) is 25.1 Å². The van der Waals surface area contributed by atoms with Gasteiger partial charge in [-0.3, -0.25) is 5.32 Å². The molecule has 1 aromatic carbocycles. The van der Waals surface area contributed by atoms with Gasteiger partial charge in [0.2, 0.25) is 0 Å². The van der Waals surface area contributed by atoms with Crippen LogP contribution in [0.5, 0.6) is 0 Å². The lowest BCUT2D eigenvalue weighted by Crippen LogP contribution is -2.45. The second-order valence-corrected chi connectivity index (χ2v) is 8.20. The number of nitrogens with zero attached hydrogens (tertiary/aromatic N) is 2. The monoisotopic (exact) mass is 445 g/mol. The number of hydrogen-bond donors (Lipinski definition) is 1. The van der Waals surface area contributed by atoms with Crippen LogP contribution >= 0.6 is 15.9 Å². The predicted octanol–water partition coefficient (Wildman–Crippen LogP) is 5.36. The Labute approximate surface area is 164 Å². The molecule has 0 spiro atoms. The first-order valence-electron chi connectivity index (χ1n) is 8.69. The standard InChI is InChI=1S/C19H20BrF4N3/c1-3-15-14(10-17(2,21)27(15)18(11-25)8-9-18)26-16(19(22,23)24)12-4-6-13(20)7-5-12/h3-7,14,16,26H,8-10H2,1-2H3/t14-,16-,17?/m0/s1. The SMILES string of the molecule is CC=C1[C@@H](N[C@@H](c2ccc(Br)cc2)C(F)(F)F)CC(C)(F)N1C1(C#N)CC1. The molecule has 0 aromatic heterocycles. The third-order valence-corrected chi connectivity index (χ3v) is 5.74. The van der Waals surface area contributed by atoms with Crippen LogP contribution in [0.15, 0.2) is 40.5 Å². The van der Waals surface area contributed by atoms with Crippen molar-refractivity contribution in [3.05, 3.63) is 46.1 Å². The second kappa shape index (κ2) is 6.78. The molecule has 0 radical (unpaired) electrons. The molecule has 1 unspecified atom stereocenters. The van der Waals surface area contributed by atoms with E-state index in [0.717, 1.165) is 0 Å². The van der Waals surface area contributed by atoms with Crippen molar-refractivity contribution < 1.29 is 17.6 Å². The van der Waals surface area contributed by atoms with Gasteiger partial charge in [0.15, 0.2) is 5.79 Å². The summed E-state index contributed by atoms with van der Waals surface area (Å²) in [5.41, 5.74) is -0.486. The van der Waals surface area contributed by atoms with E-state index < -0.39 is 29.6 Å². The summed E-state index contributed by atoms with van der Waals surface area (Å²) >= 11 is 3.22. The molecule has 0 amide bonds. The molecule has 3 rings (SSSR count). The van der Waals surface area contributed by atoms with Gasteiger partial charge in [-0.05, 0) is 44.4 Å². The summed E-state index contributed by atoms with van der Waals surface area (Å²) in [7, 11) is 0. The molecule has 3 nitrogen and oxygen atoms in total. The fourth-order valence-electron chi connectivity index (χ4n) is 3.90. The van der Waals surface area contributed by atoms with Crippen LogP contribution < -0.4 is 5.32 Å². The lowest BCUT2D eigenvalue weighted by atomic mass is 10.0. The Morgan fingerprint density at radius 2 is 1.93 bits per heavy atom. The normalized spacial score (nSPS) is 29.6. The third kappa shape index (κ3) is 3.72. The molecule has 1 heterocycles. The largest absolute Gasteiger partial charge is 0.407 e. The Kier molecular flexibility index (Phi) is 5.06. The highest BCUT2D eigenvalue weighted by Gasteiger charge is 2.61. The number of likely N-dealkylation sites (tertiary alicyclic amines) is 1. The van der Waals surface area contributed by atoms with Gasteiger partial charge < -0.3 is 4.90 Å². The number of hydrogen-bond acceptors (Lipinski definition) is 3. The molecule has 1 aliphatic carbocycles. The highest BCUT2D eigenvalue weighted by molar-refractivity contribution is 9.10. The van der Waals surface area contributed by atoms with Crippen molar-refractivity contribution in [2.75, 3.05) is 0 Å². The molecular formula is C19H20BrF4N3. The molecule has 1 saturated carbocycles. The molecule has 8 heteroatoms. The first-order valence-corrected chi connectivity index (χ1v) is 9.48. The molecular weight excluding hydrogens is 426 g/mol. The Hall–Kier alpha value is -1.59. The summed E-state index contributed by atoms with van der Waals surface area (Å²) < 4.78 is 57.2. The van der Waals surface area contributed by atoms with E-state index >= 15 is 4.39 Å². The summed E-state index contributed by atoms with van der Waals surface area (Å²) in [4.78, 5) is 1.38. The summed E-state index contributed by atoms with van der Waals surface area (Å²) in [6.07, 6.45) is -2.06. The second-order valence-electron chi connectivity index (χ2n) is 7.28. The lowest BCUT2D eigenvalue weighted by Gasteiger charge is -2.35. The van der Waals surface area contributed by atoms with Crippen molar-refractivity contribution in [3.63, 3.8) is 0 Å². The number of halogens is 5. The van der Waals surface area contributed by atoms with Gasteiger partial charge in [-0.1, -0.05) is 34.1 Å². The minimum atomic E-state index is -4.54. The fourth-order valence-corrected chi connectivity index (χ4v) is 4.17. The van der Waals surface area contributed by atoms with Crippen LogP contribution in [0.3, 0.4) is 0 Å². The molecule has 27 heavy (non-hydrogen) atoms. The number of benzene rings is 1. The lowest BCUT2D eigenvalue weighted by molar-refractivity contribution is -0.159. The van der Waals surface area contributed by atoms with E-state index in [4.69, 9.17) is 0 Å². The molecule has 1 aromatic rings. The van der Waals surface area contributed by atoms with Crippen molar-refractivity contribution in [2.45, 2.75) is 62.7 Å². The van der Waals surface area contributed by atoms with E-state index in [2.05, 4.69) is 27.3 Å². The van der Waals surface area contributed by atoms with Crippen LogP contribution in [0.1, 0.15) is 44.7 Å². The van der Waals surface area contributed by atoms with Gasteiger partial charge in [0.1, 0.15) is 11.6 Å². The third-order valence-electron chi connectivity index (χ3n) is 5.21. The van der Waals surface area contributed by atoms with Gasteiger partial charge in [0.25, 0.3) is 0 Å². The fraction of sp³-hybridized carbons (Fsp3) is 0.526. The molecule has 0 bridgehead atoms. The van der Waals surface area contributed by atoms with Gasteiger partial charge in [-0.15, -0.1) is 0 Å². The number of rotatable bonds is 4. The number of nitriles is 1. The van der Waals surface area contributed by atoms with E-state index in [1.165, 1.54) is 24.0 Å². The number of alkyl halides is 4. The first kappa shape index (κ1) is 20.2. The molecule has 146 valence electrons. The smallest absolute Gasteiger partial charge is 0.323 e. The highest BCUT2D eigenvalue weighted by Crippen LogP contribution is 2.53. The van der Waals surface area contributed by atoms with Crippen molar-refractivity contribution >= 4 is 15.9 Å². The topological polar surface area (TPSA) is 39.1 Å². The van der Waals surface area contributed by atoms with Crippen LogP contribution in [0.25, 0.3) is 0 Å². The maximum absolute atomic E-state index is 15.3. The first-order chi connectivity index (χ1) is 12.5. The van der Waals surface area contributed by atoms with Gasteiger partial charge in [0, 0.05) is 16.6 Å². The summed E-state index contributed by atoms with van der Waals surface area (Å²) in [5, 5.41) is 12.1. The van der Waals surface area contributed by atoms with Crippen molar-refractivity contribution in [1.82, 2.24) is 10.2 Å². The Balaban J connectivity index is 1.93. The van der Waals surface area contributed by atoms with E-state index in [0.29, 0.717) is 23.0 Å². The molecule has 1 N–H and O–H groups in total. The van der Waals surface area contributed by atoms with Crippen molar-refractivity contribution in [1.29, 1.82) is 5.26 Å². The summed E-state index contributed by atoms with van der Waals surface area (Å²) in [5.74, 6) is -1.89. The van der Waals surface area contributed by atoms with Crippen LogP contribution in [0.2, 0.25) is 0 Å². The molecule has 3 atom stereocenters. The Bertz CT molecular complexity index is 776. The van der Waals surface area contributed by atoms with E-state index in [9.17, 15) is 18.4 Å². The van der Waals surface area contributed by atoms with Crippen LogP contribution in [0.4, 0.5) is 17.6 Å². The predicted molar refractivity (Wildman–Crippen MR) is 97.2 cm³/mol. The quantitative estimate of drug-likeness (QED) is 0.500. The van der Waals surface area contributed by atoms with E-state index in [1.807, 2.05) is 0 Å². The van der Waals surface area contributed by atoms with Crippen LogP contribution in [0, 0.1) is 11.3 Å². The number of allylic oxidation sites excluding steroid dienone is 1. The highest BCUT2D eigenvalue weighted by atomic mass is 79.9. The molecule has 2 aliphatic rings. The van der Waals surface area contributed by atoms with Gasteiger partial charge in [-0.2, -0.15) is 18.4 Å². The van der Waals surface area contributed by atoms with Crippen molar-refractivity contribution in [3.8, 4) is 6.07 Å². The summed E-state index contributed by atoms with van der Waals surface area (Å²) in [6.45, 7) is 2.99. The summed E-state index contributed by atoms with van der Waals surface area (Å²) in [6, 6.07) is 5.24. The van der Waals surface area contributed by atoms with Gasteiger partial charge in [0.05, 0.1) is 12.1 Å². The van der Waals surface area contributed by atoms with Gasteiger partial charge >= 0.3 is 6.18 Å². The molecule has 1 saturated heterocycles. The maximum Gasteiger partial charge on any atom is 0.407 e. The van der Waals surface area contributed by atoms with Crippen molar-refractivity contribution in [2.24, 2.45) is 0 Å². The Morgan fingerprint density at radius 1 is 1.33 bits per heavy atom. The average Bonchev–Trinajstić information content (AvgIpc) is 3.31. The van der Waals surface area contributed by atoms with E-state index in [-0.39, 0.29) is 12.0 Å². The van der Waals surface area contributed by atoms with Crippen LogP contribution in [-0.4, -0.2) is 28.4 Å². The maximum atomic E-state index is 15.3. The zero-order valence-electron chi connectivity index (χ0n) is 14.9.